The van der Waals surface area contributed by atoms with E-state index in [0.717, 1.165) is 23.4 Å². The molecule has 0 amide bonds. The third kappa shape index (κ3) is 3.58. The standard InChI is InChI=1S/C16H19N3/c1-3-13-8-10-14(11-9-13)18-16(17)19-15-7-5-4-6-12(15)2/h4-11H,3H2,1-2H3,(H3,17,18,19). The van der Waals surface area contributed by atoms with Gasteiger partial charge >= 0.3 is 0 Å². The predicted octanol–water partition coefficient (Wildman–Crippen LogP) is 3.62. The third-order valence-electron chi connectivity index (χ3n) is 2.99. The van der Waals surface area contributed by atoms with E-state index >= 15 is 0 Å². The molecule has 0 atom stereocenters. The lowest BCUT2D eigenvalue weighted by atomic mass is 10.1. The molecule has 0 heterocycles. The Morgan fingerprint density at radius 1 is 1.11 bits per heavy atom. The van der Waals surface area contributed by atoms with Gasteiger partial charge in [-0.15, -0.1) is 0 Å². The zero-order chi connectivity index (χ0) is 13.7. The molecule has 0 radical (unpaired) electrons. The van der Waals surface area contributed by atoms with Crippen molar-refractivity contribution >= 4 is 17.3 Å². The van der Waals surface area contributed by atoms with Gasteiger partial charge in [0.2, 0.25) is 0 Å². The number of hydrogen-bond acceptors (Lipinski definition) is 1. The van der Waals surface area contributed by atoms with Crippen LogP contribution < -0.4 is 11.1 Å². The summed E-state index contributed by atoms with van der Waals surface area (Å²) in [7, 11) is 0. The number of anilines is 1. The molecular weight excluding hydrogens is 234 g/mol. The molecule has 0 spiro atoms. The van der Waals surface area contributed by atoms with Gasteiger partial charge in [0.15, 0.2) is 5.96 Å². The summed E-state index contributed by atoms with van der Waals surface area (Å²) in [6.45, 7) is 4.15. The highest BCUT2D eigenvalue weighted by molar-refractivity contribution is 5.94. The SMILES string of the molecule is CCc1ccc(NC(N)=Nc2ccccc2C)cc1. The van der Waals surface area contributed by atoms with E-state index in [2.05, 4.69) is 29.4 Å². The van der Waals surface area contributed by atoms with Crippen LogP contribution in [0.25, 0.3) is 0 Å². The molecule has 0 aliphatic heterocycles. The first-order valence-corrected chi connectivity index (χ1v) is 6.45. The van der Waals surface area contributed by atoms with Crippen molar-refractivity contribution in [3.05, 3.63) is 59.7 Å². The van der Waals surface area contributed by atoms with E-state index in [-0.39, 0.29) is 0 Å². The van der Waals surface area contributed by atoms with Gasteiger partial charge in [0, 0.05) is 5.69 Å². The Morgan fingerprint density at radius 2 is 1.79 bits per heavy atom. The van der Waals surface area contributed by atoms with Crippen molar-refractivity contribution in [1.82, 2.24) is 0 Å². The van der Waals surface area contributed by atoms with Crippen LogP contribution in [-0.4, -0.2) is 5.96 Å². The van der Waals surface area contributed by atoms with Gasteiger partial charge in [-0.25, -0.2) is 4.99 Å². The fourth-order valence-corrected chi connectivity index (χ4v) is 1.82. The van der Waals surface area contributed by atoms with Crippen molar-refractivity contribution in [2.75, 3.05) is 5.32 Å². The molecule has 0 aliphatic carbocycles. The van der Waals surface area contributed by atoms with Gasteiger partial charge in [0.1, 0.15) is 0 Å². The lowest BCUT2D eigenvalue weighted by molar-refractivity contribution is 1.14. The zero-order valence-corrected chi connectivity index (χ0v) is 11.4. The van der Waals surface area contributed by atoms with Crippen LogP contribution in [0, 0.1) is 6.92 Å². The number of rotatable bonds is 3. The minimum Gasteiger partial charge on any atom is -0.369 e. The summed E-state index contributed by atoms with van der Waals surface area (Å²) in [5.74, 6) is 0.401. The van der Waals surface area contributed by atoms with Gasteiger partial charge in [-0.1, -0.05) is 37.3 Å². The molecule has 0 aliphatic rings. The summed E-state index contributed by atoms with van der Waals surface area (Å²) >= 11 is 0. The van der Waals surface area contributed by atoms with E-state index in [1.165, 1.54) is 5.56 Å². The minimum absolute atomic E-state index is 0.401. The second-order valence-corrected chi connectivity index (χ2v) is 4.46. The van der Waals surface area contributed by atoms with Crippen LogP contribution in [0.3, 0.4) is 0 Å². The van der Waals surface area contributed by atoms with Crippen LogP contribution in [-0.2, 0) is 6.42 Å². The van der Waals surface area contributed by atoms with E-state index in [9.17, 15) is 0 Å². The monoisotopic (exact) mass is 253 g/mol. The fourth-order valence-electron chi connectivity index (χ4n) is 1.82. The van der Waals surface area contributed by atoms with E-state index in [1.54, 1.807) is 0 Å². The molecule has 2 aromatic carbocycles. The molecule has 19 heavy (non-hydrogen) atoms. The molecule has 0 bridgehead atoms. The molecule has 3 nitrogen and oxygen atoms in total. The number of aliphatic imine (C=N–C) groups is 1. The summed E-state index contributed by atoms with van der Waals surface area (Å²) in [4.78, 5) is 4.38. The molecular formula is C16H19N3. The van der Waals surface area contributed by atoms with Gasteiger partial charge in [-0.05, 0) is 42.7 Å². The van der Waals surface area contributed by atoms with Gasteiger partial charge < -0.3 is 11.1 Å². The lowest BCUT2D eigenvalue weighted by Gasteiger charge is -2.07. The van der Waals surface area contributed by atoms with Crippen LogP contribution in [0.15, 0.2) is 53.5 Å². The average molecular weight is 253 g/mol. The second-order valence-electron chi connectivity index (χ2n) is 4.46. The molecule has 0 saturated carbocycles. The average Bonchev–Trinajstić information content (AvgIpc) is 2.42. The van der Waals surface area contributed by atoms with Crippen molar-refractivity contribution in [2.24, 2.45) is 10.7 Å². The van der Waals surface area contributed by atoms with Crippen LogP contribution in [0.2, 0.25) is 0 Å². The maximum absolute atomic E-state index is 5.92. The summed E-state index contributed by atoms with van der Waals surface area (Å²) in [5, 5.41) is 3.10. The third-order valence-corrected chi connectivity index (χ3v) is 2.99. The summed E-state index contributed by atoms with van der Waals surface area (Å²) < 4.78 is 0. The Morgan fingerprint density at radius 3 is 2.42 bits per heavy atom. The first-order chi connectivity index (χ1) is 9.19. The number of aryl methyl sites for hydroxylation is 2. The summed E-state index contributed by atoms with van der Waals surface area (Å²) in [6, 6.07) is 16.1. The van der Waals surface area contributed by atoms with Gasteiger partial charge in [-0.3, -0.25) is 0 Å². The zero-order valence-electron chi connectivity index (χ0n) is 11.4. The minimum atomic E-state index is 0.401. The number of guanidine groups is 1. The number of para-hydroxylation sites is 1. The highest BCUT2D eigenvalue weighted by Crippen LogP contribution is 2.17. The largest absolute Gasteiger partial charge is 0.369 e. The topological polar surface area (TPSA) is 50.4 Å². The fraction of sp³-hybridized carbons (Fsp3) is 0.188. The summed E-state index contributed by atoms with van der Waals surface area (Å²) in [6.07, 6.45) is 1.03. The smallest absolute Gasteiger partial charge is 0.198 e. The maximum atomic E-state index is 5.92. The number of nitrogens with two attached hydrogens (primary N) is 1. The molecule has 2 rings (SSSR count). The molecule has 3 N–H and O–H groups in total. The van der Waals surface area contributed by atoms with Crippen LogP contribution in [0.5, 0.6) is 0 Å². The predicted molar refractivity (Wildman–Crippen MR) is 81.9 cm³/mol. The van der Waals surface area contributed by atoms with Crippen LogP contribution in [0.4, 0.5) is 11.4 Å². The molecule has 3 heteroatoms. The Labute approximate surface area is 114 Å². The normalized spacial score (nSPS) is 11.4. The van der Waals surface area contributed by atoms with Crippen molar-refractivity contribution in [1.29, 1.82) is 0 Å². The van der Waals surface area contributed by atoms with Gasteiger partial charge in [0.25, 0.3) is 0 Å². The lowest BCUT2D eigenvalue weighted by Crippen LogP contribution is -2.21. The highest BCUT2D eigenvalue weighted by Gasteiger charge is 1.98. The second kappa shape index (κ2) is 6.05. The van der Waals surface area contributed by atoms with Crippen LogP contribution >= 0.6 is 0 Å². The van der Waals surface area contributed by atoms with Crippen molar-refractivity contribution in [3.8, 4) is 0 Å². The molecule has 0 fully saturated rings. The molecule has 98 valence electrons. The number of hydrogen-bond donors (Lipinski definition) is 2. The molecule has 2 aromatic rings. The maximum Gasteiger partial charge on any atom is 0.198 e. The Kier molecular flexibility index (Phi) is 4.18. The molecule has 0 unspecified atom stereocenters. The number of nitrogens with zero attached hydrogens (tertiary/aromatic N) is 1. The van der Waals surface area contributed by atoms with E-state index in [0.29, 0.717) is 5.96 Å². The Hall–Kier alpha value is -2.29. The van der Waals surface area contributed by atoms with E-state index < -0.39 is 0 Å². The van der Waals surface area contributed by atoms with Crippen molar-refractivity contribution in [3.63, 3.8) is 0 Å². The van der Waals surface area contributed by atoms with Crippen molar-refractivity contribution < 1.29 is 0 Å². The first-order valence-electron chi connectivity index (χ1n) is 6.45. The number of benzene rings is 2. The van der Waals surface area contributed by atoms with Gasteiger partial charge in [0.05, 0.1) is 5.69 Å². The molecule has 0 saturated heterocycles. The van der Waals surface area contributed by atoms with E-state index in [4.69, 9.17) is 5.73 Å². The summed E-state index contributed by atoms with van der Waals surface area (Å²) in [5.41, 5.74) is 10.2. The van der Waals surface area contributed by atoms with Gasteiger partial charge in [-0.2, -0.15) is 0 Å². The molecule has 0 aromatic heterocycles. The van der Waals surface area contributed by atoms with Crippen molar-refractivity contribution in [2.45, 2.75) is 20.3 Å². The first kappa shape index (κ1) is 13.1. The quantitative estimate of drug-likeness (QED) is 0.648. The number of nitrogens with one attached hydrogen (secondary N) is 1. The highest BCUT2D eigenvalue weighted by atomic mass is 15.1. The van der Waals surface area contributed by atoms with E-state index in [1.807, 2.05) is 43.3 Å². The Bertz CT molecular complexity index is 571. The Balaban J connectivity index is 2.12. The van der Waals surface area contributed by atoms with Crippen LogP contribution in [0.1, 0.15) is 18.1 Å².